The lowest BCUT2D eigenvalue weighted by Crippen LogP contribution is -2.19. The van der Waals surface area contributed by atoms with Gasteiger partial charge in [0, 0.05) is 64.8 Å². The van der Waals surface area contributed by atoms with E-state index in [2.05, 4.69) is 45.8 Å². The second-order valence-electron chi connectivity index (χ2n) is 7.70. The Bertz CT molecular complexity index is 1510. The zero-order valence-corrected chi connectivity index (χ0v) is 20.3. The number of aromatic nitrogens is 7. The van der Waals surface area contributed by atoms with Crippen molar-refractivity contribution < 1.29 is 0 Å². The van der Waals surface area contributed by atoms with Gasteiger partial charge < -0.3 is 16.4 Å². The lowest BCUT2D eigenvalue weighted by Gasteiger charge is -2.13. The number of H-pyrrole nitrogens is 1. The predicted octanol–water partition coefficient (Wildman–Crippen LogP) is 4.35. The van der Waals surface area contributed by atoms with Gasteiger partial charge >= 0.3 is 0 Å². The van der Waals surface area contributed by atoms with E-state index in [-0.39, 0.29) is 5.95 Å². The molecule has 0 bridgehead atoms. The van der Waals surface area contributed by atoms with Crippen LogP contribution in [0.1, 0.15) is 11.4 Å². The molecule has 178 valence electrons. The third-order valence-electron chi connectivity index (χ3n) is 5.13. The van der Waals surface area contributed by atoms with Gasteiger partial charge in [-0.2, -0.15) is 5.10 Å². The number of rotatable bonds is 6. The van der Waals surface area contributed by atoms with E-state index in [1.165, 1.54) is 0 Å². The fourth-order valence-corrected chi connectivity index (χ4v) is 3.84. The molecule has 5 N–H and O–H groups in total. The molecule has 10 nitrogen and oxygen atoms in total. The normalized spacial score (nSPS) is 10.7. The number of hydrogen-bond acceptors (Lipinski definition) is 8. The van der Waals surface area contributed by atoms with Crippen LogP contribution in [0, 0.1) is 0 Å². The molecule has 0 fully saturated rings. The molecule has 4 heterocycles. The summed E-state index contributed by atoms with van der Waals surface area (Å²) in [4.78, 5) is 20.9. The number of hydrogen-bond donors (Lipinski definition) is 4. The number of pyridine rings is 2. The molecule has 0 unspecified atom stereocenters. The summed E-state index contributed by atoms with van der Waals surface area (Å²) in [6.07, 6.45) is 10.5. The SMILES string of the molecule is Nc1ncc(-c2cncc(NC(=S)Nc3ccc(Cl)c(Cc4nc(-c5ccncc5)n[nH]4)c3)c2)cn1. The Hall–Kier alpha value is -4.48. The van der Waals surface area contributed by atoms with Gasteiger partial charge in [-0.25, -0.2) is 15.0 Å². The van der Waals surface area contributed by atoms with Gasteiger partial charge in [0.1, 0.15) is 5.82 Å². The highest BCUT2D eigenvalue weighted by atomic mass is 35.5. The number of benzene rings is 1. The first kappa shape index (κ1) is 23.3. The Balaban J connectivity index is 1.26. The summed E-state index contributed by atoms with van der Waals surface area (Å²) in [7, 11) is 0. The van der Waals surface area contributed by atoms with Crippen molar-refractivity contribution in [2.24, 2.45) is 0 Å². The molecule has 0 atom stereocenters. The highest BCUT2D eigenvalue weighted by Crippen LogP contribution is 2.24. The topological polar surface area (TPSA) is 143 Å². The highest BCUT2D eigenvalue weighted by molar-refractivity contribution is 7.80. The van der Waals surface area contributed by atoms with Crippen molar-refractivity contribution in [1.82, 2.24) is 35.1 Å². The van der Waals surface area contributed by atoms with Crippen molar-refractivity contribution in [3.63, 3.8) is 0 Å². The van der Waals surface area contributed by atoms with Crippen LogP contribution >= 0.6 is 23.8 Å². The second-order valence-corrected chi connectivity index (χ2v) is 8.51. The summed E-state index contributed by atoms with van der Waals surface area (Å²) in [6, 6.07) is 11.2. The summed E-state index contributed by atoms with van der Waals surface area (Å²) in [5.74, 6) is 1.51. The average molecular weight is 515 g/mol. The van der Waals surface area contributed by atoms with Crippen molar-refractivity contribution in [3.05, 3.63) is 90.0 Å². The minimum absolute atomic E-state index is 0.214. The monoisotopic (exact) mass is 514 g/mol. The molecule has 12 heteroatoms. The zero-order valence-electron chi connectivity index (χ0n) is 18.7. The lowest BCUT2D eigenvalue weighted by atomic mass is 10.1. The zero-order chi connectivity index (χ0) is 24.9. The van der Waals surface area contributed by atoms with E-state index in [9.17, 15) is 0 Å². The number of nitrogens with zero attached hydrogens (tertiary/aromatic N) is 6. The summed E-state index contributed by atoms with van der Waals surface area (Å²) in [5.41, 5.74) is 10.4. The van der Waals surface area contributed by atoms with Crippen LogP contribution in [0.25, 0.3) is 22.5 Å². The van der Waals surface area contributed by atoms with Crippen LogP contribution in [-0.4, -0.2) is 40.2 Å². The number of nitrogens with two attached hydrogens (primary N) is 1. The lowest BCUT2D eigenvalue weighted by molar-refractivity contribution is 0.973. The van der Waals surface area contributed by atoms with Crippen molar-refractivity contribution in [1.29, 1.82) is 0 Å². The largest absolute Gasteiger partial charge is 0.368 e. The molecular weight excluding hydrogens is 496 g/mol. The molecule has 0 aliphatic carbocycles. The third kappa shape index (κ3) is 5.59. The van der Waals surface area contributed by atoms with Crippen molar-refractivity contribution in [3.8, 4) is 22.5 Å². The number of thiocarbonyl (C=S) groups is 1. The van der Waals surface area contributed by atoms with Gasteiger partial charge in [0.05, 0.1) is 11.9 Å². The van der Waals surface area contributed by atoms with E-state index in [1.54, 1.807) is 37.2 Å². The molecule has 0 aliphatic heterocycles. The predicted molar refractivity (Wildman–Crippen MR) is 143 cm³/mol. The summed E-state index contributed by atoms with van der Waals surface area (Å²) in [6.45, 7) is 0. The first-order valence-electron chi connectivity index (χ1n) is 10.7. The van der Waals surface area contributed by atoms with Crippen LogP contribution in [0.15, 0.2) is 73.6 Å². The fourth-order valence-electron chi connectivity index (χ4n) is 3.42. The molecule has 0 saturated carbocycles. The van der Waals surface area contributed by atoms with E-state index < -0.39 is 0 Å². The molecule has 0 radical (unpaired) electrons. The molecule has 0 amide bonds. The third-order valence-corrected chi connectivity index (χ3v) is 5.71. The van der Waals surface area contributed by atoms with Gasteiger partial charge in [0.15, 0.2) is 10.9 Å². The molecule has 0 saturated heterocycles. The van der Waals surface area contributed by atoms with E-state index in [4.69, 9.17) is 29.6 Å². The van der Waals surface area contributed by atoms with Crippen molar-refractivity contribution >= 4 is 46.3 Å². The molecule has 0 spiro atoms. The van der Waals surface area contributed by atoms with Crippen LogP contribution in [0.2, 0.25) is 5.02 Å². The van der Waals surface area contributed by atoms with Crippen LogP contribution in [0.5, 0.6) is 0 Å². The highest BCUT2D eigenvalue weighted by Gasteiger charge is 2.10. The van der Waals surface area contributed by atoms with Crippen LogP contribution < -0.4 is 16.4 Å². The van der Waals surface area contributed by atoms with Crippen LogP contribution in [-0.2, 0) is 6.42 Å². The van der Waals surface area contributed by atoms with Gasteiger partial charge in [0.25, 0.3) is 0 Å². The minimum Gasteiger partial charge on any atom is -0.368 e. The molecule has 0 aliphatic rings. The maximum Gasteiger partial charge on any atom is 0.219 e. The minimum atomic E-state index is 0.214. The smallest absolute Gasteiger partial charge is 0.219 e. The van der Waals surface area contributed by atoms with Gasteiger partial charge in [0.2, 0.25) is 5.95 Å². The molecular formula is C24H19ClN10S. The van der Waals surface area contributed by atoms with Crippen LogP contribution in [0.4, 0.5) is 17.3 Å². The molecule has 5 rings (SSSR count). The van der Waals surface area contributed by atoms with Crippen molar-refractivity contribution in [2.45, 2.75) is 6.42 Å². The van der Waals surface area contributed by atoms with Gasteiger partial charge in [-0.1, -0.05) is 11.6 Å². The number of halogens is 1. The van der Waals surface area contributed by atoms with E-state index in [1.807, 2.05) is 36.4 Å². The average Bonchev–Trinajstić information content (AvgIpc) is 3.36. The van der Waals surface area contributed by atoms with E-state index in [0.29, 0.717) is 33.9 Å². The number of nitrogens with one attached hydrogen (secondary N) is 3. The standard InChI is InChI=1S/C24H19ClN10S/c25-20-2-1-18(7-15(20)9-21-33-22(35-34-21)14-3-5-27-6-4-14)31-24(36)32-19-8-16(10-28-13-19)17-11-29-23(26)30-12-17/h1-8,10-13H,9H2,(H2,26,29,30)(H2,31,32,36)(H,33,34,35). The molecule has 4 aromatic heterocycles. The molecule has 36 heavy (non-hydrogen) atoms. The molecule has 1 aromatic carbocycles. The second kappa shape index (κ2) is 10.4. The Morgan fingerprint density at radius 1 is 0.889 bits per heavy atom. The summed E-state index contributed by atoms with van der Waals surface area (Å²) >= 11 is 11.9. The van der Waals surface area contributed by atoms with Crippen molar-refractivity contribution in [2.75, 3.05) is 16.4 Å². The number of nitrogen functional groups attached to an aromatic ring is 1. The summed E-state index contributed by atoms with van der Waals surface area (Å²) in [5, 5.41) is 14.6. The Kier molecular flexibility index (Phi) is 6.74. The van der Waals surface area contributed by atoms with E-state index in [0.717, 1.165) is 27.9 Å². The van der Waals surface area contributed by atoms with E-state index >= 15 is 0 Å². The molecule has 5 aromatic rings. The maximum atomic E-state index is 6.45. The Morgan fingerprint density at radius 2 is 1.67 bits per heavy atom. The van der Waals surface area contributed by atoms with Gasteiger partial charge in [-0.3, -0.25) is 15.1 Å². The fraction of sp³-hybridized carbons (Fsp3) is 0.0417. The first-order valence-corrected chi connectivity index (χ1v) is 11.5. The Labute approximate surface area is 216 Å². The Morgan fingerprint density at radius 3 is 2.47 bits per heavy atom. The quantitative estimate of drug-likeness (QED) is 0.241. The van der Waals surface area contributed by atoms with Gasteiger partial charge in [-0.15, -0.1) is 0 Å². The van der Waals surface area contributed by atoms with Gasteiger partial charge in [-0.05, 0) is 54.2 Å². The first-order chi connectivity index (χ1) is 17.5. The maximum absolute atomic E-state index is 6.45. The number of aromatic amines is 1. The van der Waals surface area contributed by atoms with Crippen LogP contribution in [0.3, 0.4) is 0 Å². The summed E-state index contributed by atoms with van der Waals surface area (Å²) < 4.78 is 0. The number of anilines is 3.